The molecule has 0 saturated heterocycles. The Morgan fingerprint density at radius 3 is 2.76 bits per heavy atom. The monoisotopic (exact) mass is 254 g/mol. The third kappa shape index (κ3) is 2.69. The summed E-state index contributed by atoms with van der Waals surface area (Å²) in [6.07, 6.45) is 5.46. The molecule has 1 aromatic heterocycles. The Hall–Kier alpha value is -1.29. The number of H-pyrrole nitrogens is 1. The predicted molar refractivity (Wildman–Crippen MR) is 66.4 cm³/mol. The normalized spacial score (nSPS) is 17.9. The fraction of sp³-hybridized carbons (Fsp3) is 0.500. The maximum atomic E-state index is 12.0. The maximum Gasteiger partial charge on any atom is 0.252 e. The second kappa shape index (κ2) is 4.92. The molecule has 1 aliphatic carbocycles. The van der Waals surface area contributed by atoms with E-state index in [4.69, 9.17) is 11.6 Å². The van der Waals surface area contributed by atoms with E-state index in [-0.39, 0.29) is 17.0 Å². The van der Waals surface area contributed by atoms with Gasteiger partial charge in [0.2, 0.25) is 5.56 Å². The topological polar surface area (TPSA) is 62.0 Å². The zero-order valence-corrected chi connectivity index (χ0v) is 10.2. The lowest BCUT2D eigenvalue weighted by molar-refractivity contribution is 0.0909. The zero-order chi connectivity index (χ0) is 12.3. The van der Waals surface area contributed by atoms with Gasteiger partial charge in [-0.1, -0.05) is 12.8 Å². The van der Waals surface area contributed by atoms with E-state index in [0.717, 1.165) is 25.7 Å². The molecule has 0 unspecified atom stereocenters. The summed E-state index contributed by atoms with van der Waals surface area (Å²) >= 11 is 5.94. The molecule has 0 atom stereocenters. The molecule has 4 nitrogen and oxygen atoms in total. The molecule has 1 saturated carbocycles. The van der Waals surface area contributed by atoms with Gasteiger partial charge in [0.15, 0.2) is 0 Å². The minimum Gasteiger partial charge on any atom is -0.345 e. The molecule has 1 heterocycles. The third-order valence-electron chi connectivity index (χ3n) is 3.23. The van der Waals surface area contributed by atoms with Crippen LogP contribution >= 0.6 is 11.6 Å². The fourth-order valence-corrected chi connectivity index (χ4v) is 2.58. The Balaban J connectivity index is 2.13. The molecule has 5 heteroatoms. The first-order valence-corrected chi connectivity index (χ1v) is 6.26. The van der Waals surface area contributed by atoms with Gasteiger partial charge in [0.1, 0.15) is 0 Å². The van der Waals surface area contributed by atoms with Crippen LogP contribution in [0.3, 0.4) is 0 Å². The standard InChI is InChI=1S/C12H15ClN2O2/c13-8-12(4-1-2-5-12)15-11(17)9-3-6-14-10(16)7-9/h3,6-7H,1-2,4-5,8H2,(H,14,16)(H,15,17). The lowest BCUT2D eigenvalue weighted by Crippen LogP contribution is -2.48. The Kier molecular flexibility index (Phi) is 3.52. The molecule has 2 N–H and O–H groups in total. The molecule has 1 aliphatic rings. The average Bonchev–Trinajstić information content (AvgIpc) is 2.78. The van der Waals surface area contributed by atoms with Crippen molar-refractivity contribution < 1.29 is 4.79 Å². The van der Waals surface area contributed by atoms with Crippen molar-refractivity contribution in [3.63, 3.8) is 0 Å². The molecule has 92 valence electrons. The van der Waals surface area contributed by atoms with E-state index in [0.29, 0.717) is 11.4 Å². The number of hydrogen-bond donors (Lipinski definition) is 2. The smallest absolute Gasteiger partial charge is 0.252 e. The molecule has 1 fully saturated rings. The first kappa shape index (κ1) is 12.2. The highest BCUT2D eigenvalue weighted by Gasteiger charge is 2.34. The molecule has 1 amide bonds. The number of amides is 1. The quantitative estimate of drug-likeness (QED) is 0.806. The highest BCUT2D eigenvalue weighted by Crippen LogP contribution is 2.30. The van der Waals surface area contributed by atoms with E-state index in [2.05, 4.69) is 10.3 Å². The van der Waals surface area contributed by atoms with Crippen LogP contribution in [-0.2, 0) is 0 Å². The highest BCUT2D eigenvalue weighted by molar-refractivity contribution is 6.19. The molecule has 0 bridgehead atoms. The van der Waals surface area contributed by atoms with Crippen molar-refractivity contribution in [2.75, 3.05) is 5.88 Å². The summed E-state index contributed by atoms with van der Waals surface area (Å²) in [7, 11) is 0. The molecule has 0 aromatic carbocycles. The summed E-state index contributed by atoms with van der Waals surface area (Å²) < 4.78 is 0. The number of carbonyl (C=O) groups is 1. The SMILES string of the molecule is O=C(NC1(CCl)CCCC1)c1cc[nH]c(=O)c1. The summed E-state index contributed by atoms with van der Waals surface area (Å²) in [5.41, 5.74) is -0.185. The van der Waals surface area contributed by atoms with Crippen molar-refractivity contribution in [1.82, 2.24) is 10.3 Å². The van der Waals surface area contributed by atoms with Gasteiger partial charge in [0.05, 0.1) is 5.54 Å². The van der Waals surface area contributed by atoms with Gasteiger partial charge in [0, 0.05) is 23.7 Å². The van der Waals surface area contributed by atoms with Crippen LogP contribution in [0.4, 0.5) is 0 Å². The van der Waals surface area contributed by atoms with E-state index in [1.54, 1.807) is 6.07 Å². The Morgan fingerprint density at radius 2 is 2.18 bits per heavy atom. The van der Waals surface area contributed by atoms with Crippen LogP contribution in [0.1, 0.15) is 36.0 Å². The lowest BCUT2D eigenvalue weighted by atomic mass is 10.00. The third-order valence-corrected chi connectivity index (χ3v) is 3.74. The summed E-state index contributed by atoms with van der Waals surface area (Å²) in [4.78, 5) is 25.6. The number of aromatic amines is 1. The van der Waals surface area contributed by atoms with E-state index in [1.807, 2.05) is 0 Å². The molecule has 2 rings (SSSR count). The van der Waals surface area contributed by atoms with Crippen LogP contribution in [0.5, 0.6) is 0 Å². The Labute approximate surface area is 104 Å². The number of alkyl halides is 1. The molecular weight excluding hydrogens is 240 g/mol. The lowest BCUT2D eigenvalue weighted by Gasteiger charge is -2.27. The average molecular weight is 255 g/mol. The molecule has 0 spiro atoms. The van der Waals surface area contributed by atoms with Crippen molar-refractivity contribution in [2.24, 2.45) is 0 Å². The minimum atomic E-state index is -0.290. The molecule has 0 aliphatic heterocycles. The number of aromatic nitrogens is 1. The van der Waals surface area contributed by atoms with Gasteiger partial charge in [-0.25, -0.2) is 0 Å². The van der Waals surface area contributed by atoms with Crippen LogP contribution in [0.2, 0.25) is 0 Å². The van der Waals surface area contributed by atoms with Crippen LogP contribution < -0.4 is 10.9 Å². The number of carbonyl (C=O) groups excluding carboxylic acids is 1. The molecular formula is C12H15ClN2O2. The van der Waals surface area contributed by atoms with Crippen molar-refractivity contribution >= 4 is 17.5 Å². The zero-order valence-electron chi connectivity index (χ0n) is 9.46. The predicted octanol–water partition coefficient (Wildman–Crippen LogP) is 1.66. The van der Waals surface area contributed by atoms with Crippen LogP contribution in [0.25, 0.3) is 0 Å². The molecule has 1 aromatic rings. The summed E-state index contributed by atoms with van der Waals surface area (Å²) in [5, 5.41) is 2.96. The van der Waals surface area contributed by atoms with E-state index >= 15 is 0 Å². The van der Waals surface area contributed by atoms with E-state index < -0.39 is 0 Å². The largest absolute Gasteiger partial charge is 0.345 e. The summed E-state index contributed by atoms with van der Waals surface area (Å²) in [5.74, 6) is 0.195. The Bertz CT molecular complexity index is 464. The van der Waals surface area contributed by atoms with Crippen molar-refractivity contribution in [1.29, 1.82) is 0 Å². The second-order valence-corrected chi connectivity index (χ2v) is 4.78. The van der Waals surface area contributed by atoms with Crippen LogP contribution in [-0.4, -0.2) is 22.3 Å². The minimum absolute atomic E-state index is 0.223. The van der Waals surface area contributed by atoms with E-state index in [1.165, 1.54) is 12.3 Å². The van der Waals surface area contributed by atoms with Crippen LogP contribution in [0.15, 0.2) is 23.1 Å². The summed E-state index contributed by atoms with van der Waals surface area (Å²) in [6, 6.07) is 2.89. The first-order chi connectivity index (χ1) is 8.15. The second-order valence-electron chi connectivity index (χ2n) is 4.52. The fourth-order valence-electron chi connectivity index (χ4n) is 2.24. The Morgan fingerprint density at radius 1 is 1.47 bits per heavy atom. The van der Waals surface area contributed by atoms with Crippen molar-refractivity contribution in [2.45, 2.75) is 31.2 Å². The van der Waals surface area contributed by atoms with E-state index in [9.17, 15) is 9.59 Å². The first-order valence-electron chi connectivity index (χ1n) is 5.72. The summed E-state index contributed by atoms with van der Waals surface area (Å²) in [6.45, 7) is 0. The van der Waals surface area contributed by atoms with Gasteiger partial charge in [0.25, 0.3) is 5.91 Å². The molecule has 0 radical (unpaired) electrons. The van der Waals surface area contributed by atoms with Gasteiger partial charge >= 0.3 is 0 Å². The number of nitrogens with one attached hydrogen (secondary N) is 2. The van der Waals surface area contributed by atoms with Gasteiger partial charge in [-0.2, -0.15) is 0 Å². The maximum absolute atomic E-state index is 12.0. The number of pyridine rings is 1. The number of hydrogen-bond acceptors (Lipinski definition) is 2. The highest BCUT2D eigenvalue weighted by atomic mass is 35.5. The van der Waals surface area contributed by atoms with Gasteiger partial charge in [-0.05, 0) is 18.9 Å². The van der Waals surface area contributed by atoms with Crippen LogP contribution in [0, 0.1) is 0 Å². The van der Waals surface area contributed by atoms with Crippen molar-refractivity contribution in [3.05, 3.63) is 34.2 Å². The van der Waals surface area contributed by atoms with Gasteiger partial charge in [-0.15, -0.1) is 11.6 Å². The van der Waals surface area contributed by atoms with Gasteiger partial charge in [-0.3, -0.25) is 9.59 Å². The van der Waals surface area contributed by atoms with Crippen molar-refractivity contribution in [3.8, 4) is 0 Å². The van der Waals surface area contributed by atoms with Gasteiger partial charge < -0.3 is 10.3 Å². The number of halogens is 1. The number of rotatable bonds is 3. The molecule has 17 heavy (non-hydrogen) atoms.